The van der Waals surface area contributed by atoms with Crippen LogP contribution in [0.25, 0.3) is 0 Å². The molecule has 0 aliphatic heterocycles. The number of nitrogens with two attached hydrogens (primary N) is 1. The first kappa shape index (κ1) is 11.2. The van der Waals surface area contributed by atoms with Crippen molar-refractivity contribution in [1.82, 2.24) is 0 Å². The van der Waals surface area contributed by atoms with Gasteiger partial charge in [-0.15, -0.1) is 0 Å². The molecule has 0 spiro atoms. The van der Waals surface area contributed by atoms with E-state index in [2.05, 4.69) is 0 Å². The summed E-state index contributed by atoms with van der Waals surface area (Å²) in [7, 11) is 1.55. The Balaban J connectivity index is 2.70. The van der Waals surface area contributed by atoms with Crippen LogP contribution in [0.5, 0.6) is 0 Å². The van der Waals surface area contributed by atoms with Gasteiger partial charge < -0.3 is 20.0 Å². The second-order valence-electron chi connectivity index (χ2n) is 3.33. The highest BCUT2D eigenvalue weighted by atomic mass is 16.5. The minimum absolute atomic E-state index is 0.223. The van der Waals surface area contributed by atoms with Crippen LogP contribution in [0.3, 0.4) is 0 Å². The molecule has 1 unspecified atom stereocenters. The second-order valence-corrected chi connectivity index (χ2v) is 3.33. The number of furan rings is 1. The first-order valence-corrected chi connectivity index (χ1v) is 4.68. The SMILES string of the molecule is COCC(O)(CCCN)c1ccco1. The molecule has 0 fully saturated rings. The summed E-state index contributed by atoms with van der Waals surface area (Å²) >= 11 is 0. The largest absolute Gasteiger partial charge is 0.466 e. The Morgan fingerprint density at radius 1 is 1.64 bits per heavy atom. The van der Waals surface area contributed by atoms with Gasteiger partial charge in [-0.2, -0.15) is 0 Å². The lowest BCUT2D eigenvalue weighted by Gasteiger charge is -2.24. The zero-order valence-corrected chi connectivity index (χ0v) is 8.40. The van der Waals surface area contributed by atoms with Crippen LogP contribution in [0, 0.1) is 0 Å². The van der Waals surface area contributed by atoms with Gasteiger partial charge in [0.1, 0.15) is 11.4 Å². The van der Waals surface area contributed by atoms with E-state index >= 15 is 0 Å². The van der Waals surface area contributed by atoms with Gasteiger partial charge >= 0.3 is 0 Å². The summed E-state index contributed by atoms with van der Waals surface area (Å²) in [5, 5.41) is 10.2. The average Bonchev–Trinajstić information content (AvgIpc) is 2.68. The molecule has 0 aliphatic carbocycles. The normalized spacial score (nSPS) is 15.4. The Morgan fingerprint density at radius 3 is 2.93 bits per heavy atom. The molecule has 1 aromatic heterocycles. The van der Waals surface area contributed by atoms with Gasteiger partial charge in [0, 0.05) is 7.11 Å². The van der Waals surface area contributed by atoms with Crippen molar-refractivity contribution in [2.75, 3.05) is 20.3 Å². The summed E-state index contributed by atoms with van der Waals surface area (Å²) in [5.41, 5.74) is 4.36. The van der Waals surface area contributed by atoms with Gasteiger partial charge in [-0.3, -0.25) is 0 Å². The number of hydrogen-bond donors (Lipinski definition) is 2. The molecule has 4 nitrogen and oxygen atoms in total. The molecule has 1 heterocycles. The van der Waals surface area contributed by atoms with E-state index in [1.165, 1.54) is 0 Å². The van der Waals surface area contributed by atoms with Crippen molar-refractivity contribution in [3.05, 3.63) is 24.2 Å². The third-order valence-electron chi connectivity index (χ3n) is 2.16. The van der Waals surface area contributed by atoms with Crippen LogP contribution >= 0.6 is 0 Å². The number of rotatable bonds is 6. The van der Waals surface area contributed by atoms with E-state index in [1.54, 1.807) is 25.5 Å². The third-order valence-corrected chi connectivity index (χ3v) is 2.16. The standard InChI is InChI=1S/C10H17NO3/c1-13-8-10(12,5-3-6-11)9-4-2-7-14-9/h2,4,7,12H,3,5-6,8,11H2,1H3. The molecule has 3 N–H and O–H groups in total. The molecule has 0 radical (unpaired) electrons. The molecule has 0 saturated carbocycles. The molecule has 1 rings (SSSR count). The van der Waals surface area contributed by atoms with E-state index in [9.17, 15) is 5.11 Å². The lowest BCUT2D eigenvalue weighted by atomic mass is 9.96. The summed E-state index contributed by atoms with van der Waals surface area (Å²) in [4.78, 5) is 0. The second kappa shape index (κ2) is 5.14. The highest BCUT2D eigenvalue weighted by molar-refractivity contribution is 5.09. The highest BCUT2D eigenvalue weighted by Crippen LogP contribution is 2.26. The van der Waals surface area contributed by atoms with E-state index in [-0.39, 0.29) is 6.61 Å². The highest BCUT2D eigenvalue weighted by Gasteiger charge is 2.31. The number of ether oxygens (including phenoxy) is 1. The summed E-state index contributed by atoms with van der Waals surface area (Å²) < 4.78 is 10.2. The van der Waals surface area contributed by atoms with Gasteiger partial charge in [0.2, 0.25) is 0 Å². The Labute approximate surface area is 83.7 Å². The zero-order valence-electron chi connectivity index (χ0n) is 8.40. The van der Waals surface area contributed by atoms with E-state index < -0.39 is 5.60 Å². The van der Waals surface area contributed by atoms with Crippen molar-refractivity contribution in [2.24, 2.45) is 5.73 Å². The molecule has 14 heavy (non-hydrogen) atoms. The molecule has 0 saturated heterocycles. The van der Waals surface area contributed by atoms with Crippen LogP contribution in [-0.2, 0) is 10.3 Å². The van der Waals surface area contributed by atoms with E-state index in [0.29, 0.717) is 18.7 Å². The predicted octanol–water partition coefficient (Wildman–Crippen LogP) is 0.852. The van der Waals surface area contributed by atoms with Crippen LogP contribution in [0.4, 0.5) is 0 Å². The minimum Gasteiger partial charge on any atom is -0.466 e. The van der Waals surface area contributed by atoms with Gasteiger partial charge in [-0.25, -0.2) is 0 Å². The molecule has 0 aromatic carbocycles. The Morgan fingerprint density at radius 2 is 2.43 bits per heavy atom. The van der Waals surface area contributed by atoms with Gasteiger partial charge in [-0.05, 0) is 31.5 Å². The van der Waals surface area contributed by atoms with Gasteiger partial charge in [-0.1, -0.05) is 0 Å². The Hall–Kier alpha value is -0.840. The van der Waals surface area contributed by atoms with E-state index in [1.807, 2.05) is 0 Å². The quantitative estimate of drug-likeness (QED) is 0.712. The third kappa shape index (κ3) is 2.57. The predicted molar refractivity (Wildman–Crippen MR) is 52.8 cm³/mol. The van der Waals surface area contributed by atoms with Crippen LogP contribution in [0.15, 0.2) is 22.8 Å². The van der Waals surface area contributed by atoms with Crippen LogP contribution in [0.1, 0.15) is 18.6 Å². The number of methoxy groups -OCH3 is 1. The van der Waals surface area contributed by atoms with Crippen LogP contribution in [-0.4, -0.2) is 25.4 Å². The number of hydrogen-bond acceptors (Lipinski definition) is 4. The number of aliphatic hydroxyl groups is 1. The smallest absolute Gasteiger partial charge is 0.145 e. The Bertz CT molecular complexity index is 248. The average molecular weight is 199 g/mol. The fraction of sp³-hybridized carbons (Fsp3) is 0.600. The van der Waals surface area contributed by atoms with Crippen molar-refractivity contribution >= 4 is 0 Å². The maximum atomic E-state index is 10.2. The summed E-state index contributed by atoms with van der Waals surface area (Å²) in [5.74, 6) is 0.535. The molecular weight excluding hydrogens is 182 g/mol. The molecular formula is C10H17NO3. The molecule has 4 heteroatoms. The van der Waals surface area contributed by atoms with Gasteiger partial charge in [0.15, 0.2) is 0 Å². The van der Waals surface area contributed by atoms with Crippen molar-refractivity contribution in [3.8, 4) is 0 Å². The lowest BCUT2D eigenvalue weighted by Crippen LogP contribution is -2.31. The van der Waals surface area contributed by atoms with E-state index in [0.717, 1.165) is 6.42 Å². The fourth-order valence-corrected chi connectivity index (χ4v) is 1.44. The zero-order chi connectivity index (χ0) is 10.4. The van der Waals surface area contributed by atoms with Crippen LogP contribution in [0.2, 0.25) is 0 Å². The molecule has 80 valence electrons. The van der Waals surface area contributed by atoms with E-state index in [4.69, 9.17) is 14.9 Å². The topological polar surface area (TPSA) is 68.6 Å². The van der Waals surface area contributed by atoms with Crippen molar-refractivity contribution in [2.45, 2.75) is 18.4 Å². The summed E-state index contributed by atoms with van der Waals surface area (Å²) in [6.07, 6.45) is 2.82. The lowest BCUT2D eigenvalue weighted by molar-refractivity contribution is -0.0576. The first-order chi connectivity index (χ1) is 6.73. The maximum Gasteiger partial charge on any atom is 0.145 e. The van der Waals surface area contributed by atoms with Crippen molar-refractivity contribution < 1.29 is 14.3 Å². The first-order valence-electron chi connectivity index (χ1n) is 4.68. The van der Waals surface area contributed by atoms with Crippen molar-refractivity contribution in [3.63, 3.8) is 0 Å². The fourth-order valence-electron chi connectivity index (χ4n) is 1.44. The maximum absolute atomic E-state index is 10.2. The monoisotopic (exact) mass is 199 g/mol. The van der Waals surface area contributed by atoms with Gasteiger partial charge in [0.05, 0.1) is 12.9 Å². The molecule has 1 aromatic rings. The summed E-state index contributed by atoms with van der Waals surface area (Å²) in [6, 6.07) is 3.49. The summed E-state index contributed by atoms with van der Waals surface area (Å²) in [6.45, 7) is 0.771. The molecule has 0 bridgehead atoms. The molecule has 1 atom stereocenters. The molecule has 0 amide bonds. The minimum atomic E-state index is -1.04. The van der Waals surface area contributed by atoms with Gasteiger partial charge in [0.25, 0.3) is 0 Å². The Kier molecular flexibility index (Phi) is 4.13. The van der Waals surface area contributed by atoms with Crippen LogP contribution < -0.4 is 5.73 Å². The molecule has 0 aliphatic rings. The van der Waals surface area contributed by atoms with Crippen molar-refractivity contribution in [1.29, 1.82) is 0 Å².